The van der Waals surface area contributed by atoms with Gasteiger partial charge in [0, 0.05) is 16.2 Å². The normalized spacial score (nSPS) is 16.7. The van der Waals surface area contributed by atoms with Crippen LogP contribution in [0, 0.1) is 0 Å². The first-order valence-corrected chi connectivity index (χ1v) is 8.01. The smallest absolute Gasteiger partial charge is 0.192 e. The molecule has 0 aromatic heterocycles. The molecule has 2 aromatic carbocycles. The Bertz CT molecular complexity index is 771. The number of ketones is 1. The van der Waals surface area contributed by atoms with Crippen molar-refractivity contribution >= 4 is 23.5 Å². The summed E-state index contributed by atoms with van der Waals surface area (Å²) in [7, 11) is 0. The van der Waals surface area contributed by atoms with Crippen LogP contribution >= 0.6 is 11.6 Å². The zero-order chi connectivity index (χ0) is 16.2. The Kier molecular flexibility index (Phi) is 4.63. The van der Waals surface area contributed by atoms with Crippen molar-refractivity contribution in [2.24, 2.45) is 0 Å². The van der Waals surface area contributed by atoms with Crippen LogP contribution in [0.15, 0.2) is 71.5 Å². The summed E-state index contributed by atoms with van der Waals surface area (Å²) in [5, 5.41) is 11.2. The number of aliphatic hydroxyl groups excluding tert-OH is 1. The molecule has 0 radical (unpaired) electrons. The summed E-state index contributed by atoms with van der Waals surface area (Å²) in [6.07, 6.45) is 4.15. The van der Waals surface area contributed by atoms with Gasteiger partial charge in [0.15, 0.2) is 5.78 Å². The summed E-state index contributed by atoms with van der Waals surface area (Å²) < 4.78 is 0. The van der Waals surface area contributed by atoms with Crippen LogP contribution in [0.5, 0.6) is 0 Å². The highest BCUT2D eigenvalue weighted by Gasteiger charge is 2.23. The number of halogens is 1. The van der Waals surface area contributed by atoms with Gasteiger partial charge in [-0.3, -0.25) is 4.79 Å². The summed E-state index contributed by atoms with van der Waals surface area (Å²) in [6.45, 7) is 0. The summed E-state index contributed by atoms with van der Waals surface area (Å²) in [5.74, 6) is 0.0323. The molecule has 1 aliphatic rings. The number of Topliss-reactive ketones (excluding diaryl/α,β-unsaturated/α-hetero) is 1. The molecular formula is C20H17ClO2. The largest absolute Gasteiger partial charge is 0.507 e. The Morgan fingerprint density at radius 2 is 1.70 bits per heavy atom. The standard InChI is InChI=1S/C20H17ClO2/c21-17-11-9-14(10-12-17)13-16-7-4-8-18(20(16)23)19(22)15-5-2-1-3-6-15/h1-3,5-6,9-13,23H,4,7-8H2/b16-13+. The fourth-order valence-electron chi connectivity index (χ4n) is 2.77. The average Bonchev–Trinajstić information content (AvgIpc) is 2.59. The molecule has 0 unspecified atom stereocenters. The van der Waals surface area contributed by atoms with Crippen molar-refractivity contribution in [1.29, 1.82) is 0 Å². The van der Waals surface area contributed by atoms with Gasteiger partial charge in [-0.05, 0) is 48.6 Å². The Hall–Kier alpha value is -2.32. The molecule has 0 spiro atoms. The van der Waals surface area contributed by atoms with Crippen LogP contribution in [0.2, 0.25) is 5.02 Å². The van der Waals surface area contributed by atoms with Crippen LogP contribution in [0.3, 0.4) is 0 Å². The lowest BCUT2D eigenvalue weighted by molar-refractivity contribution is 0.102. The van der Waals surface area contributed by atoms with Gasteiger partial charge in [-0.25, -0.2) is 0 Å². The highest BCUT2D eigenvalue weighted by molar-refractivity contribution is 6.30. The van der Waals surface area contributed by atoms with Crippen molar-refractivity contribution in [3.8, 4) is 0 Å². The van der Waals surface area contributed by atoms with Crippen LogP contribution in [-0.4, -0.2) is 10.9 Å². The summed E-state index contributed by atoms with van der Waals surface area (Å²) in [5.41, 5.74) is 2.88. The molecule has 1 aliphatic carbocycles. The van der Waals surface area contributed by atoms with Crippen LogP contribution in [0.1, 0.15) is 35.2 Å². The van der Waals surface area contributed by atoms with E-state index in [0.29, 0.717) is 22.6 Å². The molecule has 1 N–H and O–H groups in total. The van der Waals surface area contributed by atoms with Gasteiger partial charge >= 0.3 is 0 Å². The van der Waals surface area contributed by atoms with E-state index in [0.717, 1.165) is 24.0 Å². The molecule has 0 atom stereocenters. The molecule has 2 nitrogen and oxygen atoms in total. The molecule has 23 heavy (non-hydrogen) atoms. The first-order chi connectivity index (χ1) is 11.1. The van der Waals surface area contributed by atoms with Gasteiger partial charge in [-0.15, -0.1) is 0 Å². The van der Waals surface area contributed by atoms with Gasteiger partial charge in [-0.2, -0.15) is 0 Å². The molecule has 0 bridgehead atoms. The Labute approximate surface area is 140 Å². The van der Waals surface area contributed by atoms with Gasteiger partial charge in [0.05, 0.1) is 0 Å². The van der Waals surface area contributed by atoms with Crippen molar-refractivity contribution in [2.45, 2.75) is 19.3 Å². The topological polar surface area (TPSA) is 37.3 Å². The van der Waals surface area contributed by atoms with Gasteiger partial charge in [0.1, 0.15) is 5.76 Å². The van der Waals surface area contributed by atoms with E-state index in [9.17, 15) is 9.90 Å². The molecule has 0 saturated carbocycles. The molecular weight excluding hydrogens is 308 g/mol. The molecule has 0 amide bonds. The Morgan fingerprint density at radius 1 is 1.00 bits per heavy atom. The second kappa shape index (κ2) is 6.84. The molecule has 2 aromatic rings. The van der Waals surface area contributed by atoms with Crippen LogP contribution in [0.25, 0.3) is 6.08 Å². The zero-order valence-corrected chi connectivity index (χ0v) is 13.4. The second-order valence-electron chi connectivity index (χ2n) is 5.60. The number of benzene rings is 2. The minimum atomic E-state index is -0.0928. The summed E-state index contributed by atoms with van der Waals surface area (Å²) >= 11 is 5.89. The quantitative estimate of drug-likeness (QED) is 0.746. The lowest BCUT2D eigenvalue weighted by Gasteiger charge is -2.18. The van der Waals surface area contributed by atoms with Gasteiger partial charge in [0.25, 0.3) is 0 Å². The molecule has 0 fully saturated rings. The van der Waals surface area contributed by atoms with E-state index in [-0.39, 0.29) is 11.5 Å². The Morgan fingerprint density at radius 3 is 2.39 bits per heavy atom. The van der Waals surface area contributed by atoms with Crippen molar-refractivity contribution in [1.82, 2.24) is 0 Å². The van der Waals surface area contributed by atoms with Crippen LogP contribution < -0.4 is 0 Å². The van der Waals surface area contributed by atoms with Crippen LogP contribution in [0.4, 0.5) is 0 Å². The van der Waals surface area contributed by atoms with E-state index in [2.05, 4.69) is 0 Å². The lowest BCUT2D eigenvalue weighted by Crippen LogP contribution is -2.12. The molecule has 0 saturated heterocycles. The van der Waals surface area contributed by atoms with E-state index < -0.39 is 0 Å². The second-order valence-corrected chi connectivity index (χ2v) is 6.03. The molecule has 0 aliphatic heterocycles. The van der Waals surface area contributed by atoms with Crippen molar-refractivity contribution in [2.75, 3.05) is 0 Å². The minimum Gasteiger partial charge on any atom is -0.507 e. The zero-order valence-electron chi connectivity index (χ0n) is 12.6. The third kappa shape index (κ3) is 3.54. The predicted octanol–water partition coefficient (Wildman–Crippen LogP) is 5.60. The maximum absolute atomic E-state index is 12.6. The highest BCUT2D eigenvalue weighted by atomic mass is 35.5. The number of allylic oxidation sites excluding steroid dienone is 2. The third-order valence-electron chi connectivity index (χ3n) is 3.98. The molecule has 0 heterocycles. The Balaban J connectivity index is 1.94. The molecule has 3 rings (SSSR count). The number of rotatable bonds is 3. The molecule has 116 valence electrons. The number of carbonyl (C=O) groups is 1. The SMILES string of the molecule is O=C(C1=C(O)/C(=C/c2ccc(Cl)cc2)CCC1)c1ccccc1. The number of aliphatic hydroxyl groups is 1. The van der Waals surface area contributed by atoms with E-state index >= 15 is 0 Å². The number of hydrogen-bond acceptors (Lipinski definition) is 2. The van der Waals surface area contributed by atoms with Crippen molar-refractivity contribution in [3.63, 3.8) is 0 Å². The monoisotopic (exact) mass is 324 g/mol. The van der Waals surface area contributed by atoms with Gasteiger partial charge < -0.3 is 5.11 Å². The first-order valence-electron chi connectivity index (χ1n) is 7.63. The lowest BCUT2D eigenvalue weighted by atomic mass is 9.88. The van der Waals surface area contributed by atoms with Crippen LogP contribution in [-0.2, 0) is 0 Å². The third-order valence-corrected chi connectivity index (χ3v) is 4.24. The minimum absolute atomic E-state index is 0.0928. The van der Waals surface area contributed by atoms with Gasteiger partial charge in [-0.1, -0.05) is 54.1 Å². The first kappa shape index (κ1) is 15.6. The van der Waals surface area contributed by atoms with Crippen molar-refractivity contribution < 1.29 is 9.90 Å². The fourth-order valence-corrected chi connectivity index (χ4v) is 2.90. The summed E-state index contributed by atoms with van der Waals surface area (Å²) in [4.78, 5) is 12.6. The highest BCUT2D eigenvalue weighted by Crippen LogP contribution is 2.31. The molecule has 3 heteroatoms. The van der Waals surface area contributed by atoms with E-state index in [1.807, 2.05) is 48.5 Å². The number of hydrogen-bond donors (Lipinski definition) is 1. The summed E-state index contributed by atoms with van der Waals surface area (Å²) in [6, 6.07) is 16.5. The fraction of sp³-hybridized carbons (Fsp3) is 0.150. The van der Waals surface area contributed by atoms with E-state index in [1.165, 1.54) is 0 Å². The predicted molar refractivity (Wildman–Crippen MR) is 93.7 cm³/mol. The van der Waals surface area contributed by atoms with Crippen molar-refractivity contribution in [3.05, 3.63) is 87.7 Å². The van der Waals surface area contributed by atoms with E-state index in [1.54, 1.807) is 12.1 Å². The maximum Gasteiger partial charge on any atom is 0.192 e. The average molecular weight is 325 g/mol. The van der Waals surface area contributed by atoms with E-state index in [4.69, 9.17) is 11.6 Å². The maximum atomic E-state index is 12.6. The number of carbonyl (C=O) groups excluding carboxylic acids is 1. The van der Waals surface area contributed by atoms with Gasteiger partial charge in [0.2, 0.25) is 0 Å².